The summed E-state index contributed by atoms with van der Waals surface area (Å²) in [5.41, 5.74) is 1.25. The topological polar surface area (TPSA) is 55.8 Å². The van der Waals surface area contributed by atoms with Gasteiger partial charge in [0.15, 0.2) is 0 Å². The van der Waals surface area contributed by atoms with Gasteiger partial charge in [0.2, 0.25) is 5.91 Å². The summed E-state index contributed by atoms with van der Waals surface area (Å²) in [7, 11) is 0. The van der Waals surface area contributed by atoms with Crippen LogP contribution in [0.15, 0.2) is 36.4 Å². The third-order valence-electron chi connectivity index (χ3n) is 5.43. The van der Waals surface area contributed by atoms with Crippen LogP contribution in [0, 0.1) is 18.8 Å². The number of amides is 1. The lowest BCUT2D eigenvalue weighted by Crippen LogP contribution is -2.40. The molecule has 4 rings (SSSR count). The van der Waals surface area contributed by atoms with Gasteiger partial charge >= 0.3 is 5.97 Å². The number of carbonyl (C=O) groups is 2. The van der Waals surface area contributed by atoms with Gasteiger partial charge in [-0.2, -0.15) is 0 Å². The molecule has 2 fully saturated rings. The molecule has 4 atom stereocenters. The number of carbonyl (C=O) groups excluding carboxylic acids is 2. The molecule has 3 heterocycles. The van der Waals surface area contributed by atoms with E-state index in [1.165, 1.54) is 0 Å². The highest BCUT2D eigenvalue weighted by molar-refractivity contribution is 6.02. The molecule has 1 spiro atoms. The third kappa shape index (κ3) is 2.49. The van der Waals surface area contributed by atoms with E-state index in [9.17, 15) is 9.59 Å². The molecule has 1 aromatic rings. The smallest absolute Gasteiger partial charge is 0.312 e. The van der Waals surface area contributed by atoms with Crippen molar-refractivity contribution in [2.24, 2.45) is 11.8 Å². The second-order valence-corrected chi connectivity index (χ2v) is 7.18. The van der Waals surface area contributed by atoms with Crippen LogP contribution in [0.5, 0.6) is 0 Å². The maximum Gasteiger partial charge on any atom is 0.312 e. The molecule has 3 aliphatic rings. The van der Waals surface area contributed by atoms with E-state index in [1.807, 2.05) is 50.3 Å². The minimum atomic E-state index is -0.695. The van der Waals surface area contributed by atoms with Crippen LogP contribution >= 0.6 is 0 Å². The molecular weight excluding hydrogens is 318 g/mol. The lowest BCUT2D eigenvalue weighted by molar-refractivity contribution is -0.152. The maximum atomic E-state index is 13.1. The predicted molar refractivity (Wildman–Crippen MR) is 93.1 cm³/mol. The van der Waals surface area contributed by atoms with Gasteiger partial charge in [-0.1, -0.05) is 37.6 Å². The van der Waals surface area contributed by atoms with Crippen molar-refractivity contribution in [1.82, 2.24) is 0 Å². The van der Waals surface area contributed by atoms with E-state index >= 15 is 0 Å². The van der Waals surface area contributed by atoms with Gasteiger partial charge in [0, 0.05) is 5.69 Å². The van der Waals surface area contributed by atoms with Gasteiger partial charge in [0.1, 0.15) is 11.5 Å². The number of benzene rings is 1. The van der Waals surface area contributed by atoms with Crippen LogP contribution in [0.2, 0.25) is 0 Å². The Labute approximate surface area is 147 Å². The molecule has 0 aliphatic carbocycles. The lowest BCUT2D eigenvalue weighted by atomic mass is 9.77. The number of hydrogen-bond acceptors (Lipinski definition) is 4. The molecular formula is C20H23NO4. The van der Waals surface area contributed by atoms with Gasteiger partial charge < -0.3 is 14.4 Å². The van der Waals surface area contributed by atoms with E-state index in [4.69, 9.17) is 9.47 Å². The van der Waals surface area contributed by atoms with E-state index in [0.717, 1.165) is 24.1 Å². The summed E-state index contributed by atoms with van der Waals surface area (Å²) < 4.78 is 11.5. The van der Waals surface area contributed by atoms with Crippen LogP contribution in [0.25, 0.3) is 0 Å². The van der Waals surface area contributed by atoms with Crippen molar-refractivity contribution < 1.29 is 19.1 Å². The highest BCUT2D eigenvalue weighted by Gasteiger charge is 2.67. The van der Waals surface area contributed by atoms with Gasteiger partial charge in [0.25, 0.3) is 0 Å². The summed E-state index contributed by atoms with van der Waals surface area (Å²) in [5, 5.41) is 0. The Morgan fingerprint density at radius 1 is 1.44 bits per heavy atom. The van der Waals surface area contributed by atoms with E-state index < -0.39 is 17.4 Å². The SMILES string of the molecule is CCCCOC(=O)[C@H]1[C@@H]2C=C[C@]3(CN(c4cccc(C)c4)C(=O)[C@H]13)O2. The normalized spacial score (nSPS) is 32.3. The lowest BCUT2D eigenvalue weighted by Gasteiger charge is -2.22. The van der Waals surface area contributed by atoms with Crippen LogP contribution < -0.4 is 4.90 Å². The zero-order valence-corrected chi connectivity index (χ0v) is 14.6. The number of anilines is 1. The molecule has 5 heteroatoms. The molecule has 2 bridgehead atoms. The molecule has 0 N–H and O–H groups in total. The fourth-order valence-corrected chi connectivity index (χ4v) is 4.20. The fraction of sp³-hybridized carbons (Fsp3) is 0.500. The Hall–Kier alpha value is -2.14. The zero-order chi connectivity index (χ0) is 17.6. The summed E-state index contributed by atoms with van der Waals surface area (Å²) in [4.78, 5) is 27.5. The van der Waals surface area contributed by atoms with Crippen molar-refractivity contribution in [1.29, 1.82) is 0 Å². The van der Waals surface area contributed by atoms with E-state index in [-0.39, 0.29) is 18.0 Å². The van der Waals surface area contributed by atoms with Crippen molar-refractivity contribution in [3.63, 3.8) is 0 Å². The van der Waals surface area contributed by atoms with Gasteiger partial charge in [-0.25, -0.2) is 0 Å². The quantitative estimate of drug-likeness (QED) is 0.469. The molecule has 5 nitrogen and oxygen atoms in total. The Kier molecular flexibility index (Phi) is 3.91. The molecule has 0 radical (unpaired) electrons. The molecule has 1 amide bonds. The average Bonchev–Trinajstić information content (AvgIpc) is 3.23. The van der Waals surface area contributed by atoms with Crippen LogP contribution in [0.4, 0.5) is 5.69 Å². The van der Waals surface area contributed by atoms with Gasteiger partial charge in [-0.15, -0.1) is 0 Å². The van der Waals surface area contributed by atoms with Gasteiger partial charge in [-0.3, -0.25) is 9.59 Å². The summed E-state index contributed by atoms with van der Waals surface area (Å²) in [5.74, 6) is -1.38. The summed E-state index contributed by atoms with van der Waals surface area (Å²) in [6.07, 6.45) is 5.33. The molecule has 0 unspecified atom stereocenters. The number of ether oxygens (including phenoxy) is 2. The van der Waals surface area contributed by atoms with Crippen LogP contribution in [0.3, 0.4) is 0 Å². The first-order chi connectivity index (χ1) is 12.1. The first-order valence-electron chi connectivity index (χ1n) is 8.97. The van der Waals surface area contributed by atoms with Crippen molar-refractivity contribution in [2.45, 2.75) is 38.4 Å². The Bertz CT molecular complexity index is 743. The highest BCUT2D eigenvalue weighted by Crippen LogP contribution is 2.52. The van der Waals surface area contributed by atoms with Crippen molar-refractivity contribution in [3.05, 3.63) is 42.0 Å². The van der Waals surface area contributed by atoms with E-state index in [2.05, 4.69) is 0 Å². The minimum Gasteiger partial charge on any atom is -0.465 e. The van der Waals surface area contributed by atoms with E-state index in [1.54, 1.807) is 4.90 Å². The Morgan fingerprint density at radius 3 is 3.04 bits per heavy atom. The highest BCUT2D eigenvalue weighted by atomic mass is 16.6. The Balaban J connectivity index is 1.60. The second kappa shape index (κ2) is 5.99. The molecule has 0 aromatic heterocycles. The minimum absolute atomic E-state index is 0.0464. The summed E-state index contributed by atoms with van der Waals surface area (Å²) >= 11 is 0. The van der Waals surface area contributed by atoms with Crippen molar-refractivity contribution in [2.75, 3.05) is 18.1 Å². The first kappa shape index (κ1) is 16.3. The third-order valence-corrected chi connectivity index (χ3v) is 5.43. The monoisotopic (exact) mass is 341 g/mol. The number of aryl methyl sites for hydroxylation is 1. The predicted octanol–water partition coefficient (Wildman–Crippen LogP) is 2.62. The first-order valence-corrected chi connectivity index (χ1v) is 8.97. The van der Waals surface area contributed by atoms with Crippen LogP contribution in [-0.4, -0.2) is 36.7 Å². The molecule has 2 saturated heterocycles. The number of fused-ring (bicyclic) bond motifs is 1. The zero-order valence-electron chi connectivity index (χ0n) is 14.6. The standard InChI is InChI=1S/C20H23NO4/c1-3-4-10-24-19(23)16-15-8-9-20(25-15)12-21(18(22)17(16)20)14-7-5-6-13(2)11-14/h5-9,11,15-17H,3-4,10,12H2,1-2H3/t15-,16-,17-,20+/m0/s1. The number of hydrogen-bond donors (Lipinski definition) is 0. The number of esters is 1. The number of rotatable bonds is 5. The van der Waals surface area contributed by atoms with Crippen LogP contribution in [0.1, 0.15) is 25.3 Å². The number of unbranched alkanes of at least 4 members (excludes halogenated alkanes) is 1. The summed E-state index contributed by atoms with van der Waals surface area (Å²) in [6.45, 7) is 4.90. The Morgan fingerprint density at radius 2 is 2.28 bits per heavy atom. The number of nitrogens with zero attached hydrogens (tertiary/aromatic N) is 1. The van der Waals surface area contributed by atoms with Crippen molar-refractivity contribution >= 4 is 17.6 Å². The maximum absolute atomic E-state index is 13.1. The molecule has 132 valence electrons. The largest absolute Gasteiger partial charge is 0.465 e. The molecule has 25 heavy (non-hydrogen) atoms. The molecule has 0 saturated carbocycles. The second-order valence-electron chi connectivity index (χ2n) is 7.18. The molecule has 1 aromatic carbocycles. The molecule has 3 aliphatic heterocycles. The van der Waals surface area contributed by atoms with Crippen molar-refractivity contribution in [3.8, 4) is 0 Å². The summed E-state index contributed by atoms with van der Waals surface area (Å²) in [6, 6.07) is 7.85. The van der Waals surface area contributed by atoms with Gasteiger partial charge in [-0.05, 0) is 31.0 Å². The van der Waals surface area contributed by atoms with E-state index in [0.29, 0.717) is 13.2 Å². The average molecular weight is 341 g/mol. The van der Waals surface area contributed by atoms with Crippen LogP contribution in [-0.2, 0) is 19.1 Å². The fourth-order valence-electron chi connectivity index (χ4n) is 4.20. The van der Waals surface area contributed by atoms with Gasteiger partial charge in [0.05, 0.1) is 25.2 Å².